The number of nitrogens with one attached hydrogen (secondary N) is 1. The zero-order valence-electron chi connectivity index (χ0n) is 16.5. The SMILES string of the molecule is O=C(NCc1ccco1)C1CCN(c2cnn(Cc3ccccc3)c(=O)c2Cl)CC1. The van der Waals surface area contributed by atoms with Crippen molar-refractivity contribution >= 4 is 23.2 Å². The molecule has 4 rings (SSSR count). The third-order valence-corrected chi connectivity index (χ3v) is 5.72. The van der Waals surface area contributed by atoms with E-state index in [2.05, 4.69) is 10.4 Å². The first kappa shape index (κ1) is 20.2. The molecule has 0 saturated carbocycles. The van der Waals surface area contributed by atoms with Crippen molar-refractivity contribution in [3.05, 3.63) is 81.6 Å². The predicted octanol–water partition coefficient (Wildman–Crippen LogP) is 3.07. The fraction of sp³-hybridized carbons (Fsp3) is 0.318. The maximum atomic E-state index is 12.7. The Balaban J connectivity index is 1.36. The molecule has 0 radical (unpaired) electrons. The van der Waals surface area contributed by atoms with Crippen LogP contribution in [0.15, 0.2) is 64.1 Å². The van der Waals surface area contributed by atoms with Crippen molar-refractivity contribution in [3.8, 4) is 0 Å². The van der Waals surface area contributed by atoms with E-state index in [1.54, 1.807) is 18.5 Å². The van der Waals surface area contributed by atoms with E-state index < -0.39 is 0 Å². The molecule has 7 nitrogen and oxygen atoms in total. The van der Waals surface area contributed by atoms with Crippen LogP contribution in [0.5, 0.6) is 0 Å². The molecule has 0 spiro atoms. The van der Waals surface area contributed by atoms with Crippen molar-refractivity contribution < 1.29 is 9.21 Å². The summed E-state index contributed by atoms with van der Waals surface area (Å²) in [5.41, 5.74) is 1.30. The topological polar surface area (TPSA) is 80.4 Å². The summed E-state index contributed by atoms with van der Waals surface area (Å²) in [5, 5.41) is 7.40. The molecule has 0 atom stereocenters. The molecule has 1 fully saturated rings. The maximum Gasteiger partial charge on any atom is 0.287 e. The summed E-state index contributed by atoms with van der Waals surface area (Å²) in [6.07, 6.45) is 4.61. The zero-order valence-corrected chi connectivity index (χ0v) is 17.2. The molecule has 0 bridgehead atoms. The Morgan fingerprint density at radius 1 is 1.17 bits per heavy atom. The Labute approximate surface area is 179 Å². The van der Waals surface area contributed by atoms with E-state index in [1.807, 2.05) is 41.3 Å². The molecule has 156 valence electrons. The van der Waals surface area contributed by atoms with E-state index in [9.17, 15) is 9.59 Å². The Morgan fingerprint density at radius 3 is 2.63 bits per heavy atom. The molecule has 1 aromatic carbocycles. The number of hydrogen-bond acceptors (Lipinski definition) is 5. The van der Waals surface area contributed by atoms with Gasteiger partial charge in [-0.3, -0.25) is 9.59 Å². The Morgan fingerprint density at radius 2 is 1.93 bits per heavy atom. The lowest BCUT2D eigenvalue weighted by molar-refractivity contribution is -0.125. The van der Waals surface area contributed by atoms with Crippen molar-refractivity contribution in [2.75, 3.05) is 18.0 Å². The lowest BCUT2D eigenvalue weighted by atomic mass is 9.95. The minimum absolute atomic E-state index is 0.0218. The van der Waals surface area contributed by atoms with E-state index in [0.29, 0.717) is 44.7 Å². The van der Waals surface area contributed by atoms with Crippen LogP contribution >= 0.6 is 11.6 Å². The quantitative estimate of drug-likeness (QED) is 0.655. The highest BCUT2D eigenvalue weighted by molar-refractivity contribution is 6.33. The molecule has 3 aromatic rings. The van der Waals surface area contributed by atoms with Crippen molar-refractivity contribution in [1.82, 2.24) is 15.1 Å². The smallest absolute Gasteiger partial charge is 0.287 e. The number of halogens is 1. The second-order valence-corrected chi connectivity index (χ2v) is 7.73. The lowest BCUT2D eigenvalue weighted by Crippen LogP contribution is -2.41. The van der Waals surface area contributed by atoms with Gasteiger partial charge in [-0.05, 0) is 30.5 Å². The number of hydrogen-bond donors (Lipinski definition) is 1. The van der Waals surface area contributed by atoms with Crippen molar-refractivity contribution in [2.24, 2.45) is 5.92 Å². The van der Waals surface area contributed by atoms with Crippen LogP contribution in [0.4, 0.5) is 5.69 Å². The molecular formula is C22H23ClN4O3. The fourth-order valence-electron chi connectivity index (χ4n) is 3.66. The molecule has 2 aromatic heterocycles. The van der Waals surface area contributed by atoms with Gasteiger partial charge in [0.05, 0.1) is 31.2 Å². The third kappa shape index (κ3) is 4.57. The molecule has 0 aliphatic carbocycles. The van der Waals surface area contributed by atoms with Crippen LogP contribution in [0.3, 0.4) is 0 Å². The number of benzene rings is 1. The van der Waals surface area contributed by atoms with Crippen LogP contribution in [-0.4, -0.2) is 28.8 Å². The van der Waals surface area contributed by atoms with Gasteiger partial charge >= 0.3 is 0 Å². The highest BCUT2D eigenvalue weighted by Crippen LogP contribution is 2.27. The van der Waals surface area contributed by atoms with Crippen LogP contribution in [0.2, 0.25) is 5.02 Å². The first-order valence-electron chi connectivity index (χ1n) is 9.96. The summed E-state index contributed by atoms with van der Waals surface area (Å²) in [6.45, 7) is 2.05. The maximum absolute atomic E-state index is 12.7. The normalized spacial score (nSPS) is 14.6. The van der Waals surface area contributed by atoms with Gasteiger partial charge in [0.15, 0.2) is 0 Å². The van der Waals surface area contributed by atoms with Gasteiger partial charge in [0.2, 0.25) is 5.91 Å². The number of carbonyl (C=O) groups is 1. The molecule has 30 heavy (non-hydrogen) atoms. The highest BCUT2D eigenvalue weighted by atomic mass is 35.5. The summed E-state index contributed by atoms with van der Waals surface area (Å²) < 4.78 is 6.61. The zero-order chi connectivity index (χ0) is 20.9. The van der Waals surface area contributed by atoms with Gasteiger partial charge < -0.3 is 14.6 Å². The van der Waals surface area contributed by atoms with E-state index in [0.717, 1.165) is 11.3 Å². The highest BCUT2D eigenvalue weighted by Gasteiger charge is 2.27. The van der Waals surface area contributed by atoms with Gasteiger partial charge in [-0.1, -0.05) is 41.9 Å². The summed E-state index contributed by atoms with van der Waals surface area (Å²) >= 11 is 6.40. The molecule has 1 saturated heterocycles. The van der Waals surface area contributed by atoms with Crippen LogP contribution < -0.4 is 15.8 Å². The number of aromatic nitrogens is 2. The number of furan rings is 1. The largest absolute Gasteiger partial charge is 0.467 e. The molecular weight excluding hydrogens is 404 g/mol. The van der Waals surface area contributed by atoms with E-state index >= 15 is 0 Å². The molecule has 8 heteroatoms. The molecule has 1 N–H and O–H groups in total. The van der Waals surface area contributed by atoms with Crippen LogP contribution in [-0.2, 0) is 17.9 Å². The van der Waals surface area contributed by atoms with E-state index in [4.69, 9.17) is 16.0 Å². The Kier molecular flexibility index (Phi) is 6.18. The monoisotopic (exact) mass is 426 g/mol. The first-order valence-corrected chi connectivity index (χ1v) is 10.3. The average molecular weight is 427 g/mol. The minimum Gasteiger partial charge on any atom is -0.467 e. The predicted molar refractivity (Wildman–Crippen MR) is 115 cm³/mol. The Hall–Kier alpha value is -3.06. The van der Waals surface area contributed by atoms with Gasteiger partial charge in [0.25, 0.3) is 5.56 Å². The van der Waals surface area contributed by atoms with Gasteiger partial charge in [0.1, 0.15) is 10.8 Å². The third-order valence-electron chi connectivity index (χ3n) is 5.37. The van der Waals surface area contributed by atoms with Crippen molar-refractivity contribution in [1.29, 1.82) is 0 Å². The van der Waals surface area contributed by atoms with Gasteiger partial charge in [-0.15, -0.1) is 0 Å². The molecule has 0 unspecified atom stereocenters. The lowest BCUT2D eigenvalue weighted by Gasteiger charge is -2.33. The van der Waals surface area contributed by atoms with Crippen LogP contribution in [0.1, 0.15) is 24.2 Å². The van der Waals surface area contributed by atoms with Gasteiger partial charge in [0, 0.05) is 19.0 Å². The molecule has 1 aliphatic heterocycles. The van der Waals surface area contributed by atoms with Crippen LogP contribution in [0.25, 0.3) is 0 Å². The summed E-state index contributed by atoms with van der Waals surface area (Å²) in [7, 11) is 0. The number of anilines is 1. The van der Waals surface area contributed by atoms with E-state index in [1.165, 1.54) is 4.68 Å². The summed E-state index contributed by atoms with van der Waals surface area (Å²) in [6, 6.07) is 13.3. The molecule has 1 aliphatic rings. The summed E-state index contributed by atoms with van der Waals surface area (Å²) in [5.74, 6) is 0.685. The average Bonchev–Trinajstić information content (AvgIpc) is 3.30. The molecule has 3 heterocycles. The van der Waals surface area contributed by atoms with Crippen molar-refractivity contribution in [2.45, 2.75) is 25.9 Å². The number of carbonyl (C=O) groups excluding carboxylic acids is 1. The minimum atomic E-state index is -0.309. The number of piperidine rings is 1. The number of nitrogens with zero attached hydrogens (tertiary/aromatic N) is 3. The van der Waals surface area contributed by atoms with Crippen LogP contribution in [0, 0.1) is 5.92 Å². The summed E-state index contributed by atoms with van der Waals surface area (Å²) in [4.78, 5) is 27.1. The van der Waals surface area contributed by atoms with Gasteiger partial charge in [-0.25, -0.2) is 4.68 Å². The van der Waals surface area contributed by atoms with Gasteiger partial charge in [-0.2, -0.15) is 5.10 Å². The standard InChI is InChI=1S/C22H23ClN4O3/c23-20-19(14-25-27(22(20)29)15-16-5-2-1-3-6-16)26-10-8-17(9-11-26)21(28)24-13-18-7-4-12-30-18/h1-7,12,14,17H,8-11,13,15H2,(H,24,28). The fourth-order valence-corrected chi connectivity index (χ4v) is 3.93. The number of amides is 1. The second kappa shape index (κ2) is 9.17. The number of rotatable bonds is 6. The van der Waals surface area contributed by atoms with Crippen molar-refractivity contribution in [3.63, 3.8) is 0 Å². The molecule has 1 amide bonds. The first-order chi connectivity index (χ1) is 14.6. The van der Waals surface area contributed by atoms with E-state index in [-0.39, 0.29) is 22.4 Å². The Bertz CT molecular complexity index is 1040. The second-order valence-electron chi connectivity index (χ2n) is 7.35.